The highest BCUT2D eigenvalue weighted by molar-refractivity contribution is 7.88. The lowest BCUT2D eigenvalue weighted by atomic mass is 9.85. The van der Waals surface area contributed by atoms with Crippen molar-refractivity contribution in [3.8, 4) is 0 Å². The second kappa shape index (κ2) is 6.02. The first-order valence-corrected chi connectivity index (χ1v) is 9.08. The summed E-state index contributed by atoms with van der Waals surface area (Å²) >= 11 is 4.94. The first-order chi connectivity index (χ1) is 9.70. The van der Waals surface area contributed by atoms with Gasteiger partial charge in [-0.2, -0.15) is 0 Å². The quantitative estimate of drug-likeness (QED) is 0.862. The van der Waals surface area contributed by atoms with E-state index in [-0.39, 0.29) is 16.2 Å². The molecule has 1 aromatic rings. The molecule has 0 amide bonds. The highest BCUT2D eigenvalue weighted by Gasteiger charge is 2.33. The monoisotopic (exact) mass is 326 g/mol. The summed E-state index contributed by atoms with van der Waals surface area (Å²) in [4.78, 5) is 0.286. The normalized spacial score (nSPS) is 19.3. The van der Waals surface area contributed by atoms with Gasteiger partial charge in [0, 0.05) is 18.7 Å². The van der Waals surface area contributed by atoms with Gasteiger partial charge in [-0.25, -0.2) is 12.7 Å². The zero-order valence-electron chi connectivity index (χ0n) is 12.5. The van der Waals surface area contributed by atoms with Gasteiger partial charge in [0.1, 0.15) is 4.99 Å². The smallest absolute Gasteiger partial charge is 0.218 e. The molecule has 6 heteroatoms. The van der Waals surface area contributed by atoms with Crippen LogP contribution in [-0.2, 0) is 15.8 Å². The van der Waals surface area contributed by atoms with E-state index >= 15 is 0 Å². The minimum absolute atomic E-state index is 0.000463. The number of nitrogens with two attached hydrogens (primary N) is 1. The van der Waals surface area contributed by atoms with Gasteiger partial charge in [0.25, 0.3) is 0 Å². The number of nitrogens with zero attached hydrogens (tertiary/aromatic N) is 1. The fourth-order valence-electron chi connectivity index (χ4n) is 2.72. The van der Waals surface area contributed by atoms with Crippen molar-refractivity contribution in [3.05, 3.63) is 35.4 Å². The molecule has 0 unspecified atom stereocenters. The molecule has 0 saturated carbocycles. The molecule has 2 N–H and O–H groups in total. The molecule has 4 nitrogen and oxygen atoms in total. The fraction of sp³-hybridized carbons (Fsp3) is 0.533. The second-order valence-corrected chi connectivity index (χ2v) is 8.83. The van der Waals surface area contributed by atoms with E-state index in [4.69, 9.17) is 18.0 Å². The molecule has 1 aliphatic rings. The van der Waals surface area contributed by atoms with E-state index in [0.29, 0.717) is 18.7 Å². The molecule has 1 fully saturated rings. The van der Waals surface area contributed by atoms with Crippen LogP contribution in [0.1, 0.15) is 37.8 Å². The minimum atomic E-state index is -3.30. The van der Waals surface area contributed by atoms with Crippen LogP contribution in [0.5, 0.6) is 0 Å². The third-order valence-corrected chi connectivity index (χ3v) is 5.85. The summed E-state index contributed by atoms with van der Waals surface area (Å²) in [6.07, 6.45) is 1.98. The average Bonchev–Trinajstić information content (AvgIpc) is 2.37. The maximum atomic E-state index is 12.6. The van der Waals surface area contributed by atoms with E-state index in [9.17, 15) is 8.42 Å². The number of hydrogen-bond acceptors (Lipinski definition) is 3. The van der Waals surface area contributed by atoms with Gasteiger partial charge in [0.2, 0.25) is 10.0 Å². The average molecular weight is 326 g/mol. The Hall–Kier alpha value is -0.980. The van der Waals surface area contributed by atoms with Crippen molar-refractivity contribution in [3.63, 3.8) is 0 Å². The summed E-state index contributed by atoms with van der Waals surface area (Å²) in [5.74, 6) is -0.000463. The van der Waals surface area contributed by atoms with Crippen LogP contribution in [0.25, 0.3) is 0 Å². The van der Waals surface area contributed by atoms with Crippen LogP contribution in [0.4, 0.5) is 0 Å². The molecule has 2 rings (SSSR count). The van der Waals surface area contributed by atoms with Crippen molar-refractivity contribution in [1.82, 2.24) is 4.31 Å². The van der Waals surface area contributed by atoms with Crippen LogP contribution in [0, 0.1) is 5.41 Å². The molecule has 0 aromatic heterocycles. The van der Waals surface area contributed by atoms with Crippen LogP contribution >= 0.6 is 12.2 Å². The van der Waals surface area contributed by atoms with E-state index in [1.165, 1.54) is 0 Å². The van der Waals surface area contributed by atoms with Crippen LogP contribution in [0.3, 0.4) is 0 Å². The lowest BCUT2D eigenvalue weighted by Crippen LogP contribution is -2.43. The van der Waals surface area contributed by atoms with Crippen molar-refractivity contribution >= 4 is 27.2 Å². The molecule has 1 saturated heterocycles. The first-order valence-electron chi connectivity index (χ1n) is 7.06. The fourth-order valence-corrected chi connectivity index (χ4v) is 4.59. The van der Waals surface area contributed by atoms with E-state index in [1.807, 2.05) is 0 Å². The standard InChI is InChI=1S/C15H22N2O2S2/c1-15(2)7-4-8-17(11-15)21(18,19)10-12-5-3-6-13(9-12)14(16)20/h3,5-6,9H,4,7-8,10-11H2,1-2H3,(H2,16,20). The van der Waals surface area contributed by atoms with Crippen LogP contribution in [-0.4, -0.2) is 30.8 Å². The lowest BCUT2D eigenvalue weighted by molar-refractivity contribution is 0.187. The highest BCUT2D eigenvalue weighted by Crippen LogP contribution is 2.30. The zero-order chi connectivity index (χ0) is 15.7. The molecule has 1 aromatic carbocycles. The molecule has 0 radical (unpaired) electrons. The maximum absolute atomic E-state index is 12.6. The Labute approximate surface area is 132 Å². The summed E-state index contributed by atoms with van der Waals surface area (Å²) in [5, 5.41) is 0. The molecule has 21 heavy (non-hydrogen) atoms. The van der Waals surface area contributed by atoms with Gasteiger partial charge in [0.05, 0.1) is 5.75 Å². The lowest BCUT2D eigenvalue weighted by Gasteiger charge is -2.37. The molecule has 116 valence electrons. The summed E-state index contributed by atoms with van der Waals surface area (Å²) in [6.45, 7) is 5.43. The van der Waals surface area contributed by atoms with E-state index < -0.39 is 10.0 Å². The van der Waals surface area contributed by atoms with E-state index in [2.05, 4.69) is 13.8 Å². The topological polar surface area (TPSA) is 63.4 Å². The van der Waals surface area contributed by atoms with Crippen molar-refractivity contribution in [2.45, 2.75) is 32.4 Å². The van der Waals surface area contributed by atoms with Crippen molar-refractivity contribution < 1.29 is 8.42 Å². The second-order valence-electron chi connectivity index (χ2n) is 6.42. The Balaban J connectivity index is 2.17. The van der Waals surface area contributed by atoms with Gasteiger partial charge < -0.3 is 5.73 Å². The first kappa shape index (κ1) is 16.4. The summed E-state index contributed by atoms with van der Waals surface area (Å²) < 4.78 is 26.8. The Morgan fingerprint density at radius 2 is 2.14 bits per heavy atom. The summed E-state index contributed by atoms with van der Waals surface area (Å²) in [6, 6.07) is 7.14. The molecule has 1 aliphatic heterocycles. The number of hydrogen-bond donors (Lipinski definition) is 1. The number of sulfonamides is 1. The van der Waals surface area contributed by atoms with E-state index in [0.717, 1.165) is 18.4 Å². The SMILES string of the molecule is CC1(C)CCCN(S(=O)(=O)Cc2cccc(C(N)=S)c2)C1. The maximum Gasteiger partial charge on any atom is 0.218 e. The van der Waals surface area contributed by atoms with Gasteiger partial charge >= 0.3 is 0 Å². The van der Waals surface area contributed by atoms with Crippen LogP contribution in [0.2, 0.25) is 0 Å². The molecule has 0 aliphatic carbocycles. The number of benzene rings is 1. The number of rotatable bonds is 4. The van der Waals surface area contributed by atoms with Gasteiger partial charge in [-0.3, -0.25) is 0 Å². The van der Waals surface area contributed by atoms with Gasteiger partial charge in [0.15, 0.2) is 0 Å². The number of piperidine rings is 1. The summed E-state index contributed by atoms with van der Waals surface area (Å²) in [7, 11) is -3.30. The Kier molecular flexibility index (Phi) is 4.70. The van der Waals surface area contributed by atoms with Crippen molar-refractivity contribution in [1.29, 1.82) is 0 Å². The summed E-state index contributed by atoms with van der Waals surface area (Å²) in [5.41, 5.74) is 7.07. The van der Waals surface area contributed by atoms with Crippen LogP contribution in [0.15, 0.2) is 24.3 Å². The molecule has 0 atom stereocenters. The molecule has 0 bridgehead atoms. The van der Waals surface area contributed by atoms with E-state index in [1.54, 1.807) is 28.6 Å². The number of thiocarbonyl (C=S) groups is 1. The predicted molar refractivity (Wildman–Crippen MR) is 89.5 cm³/mol. The molecule has 0 spiro atoms. The third-order valence-electron chi connectivity index (χ3n) is 3.82. The van der Waals surface area contributed by atoms with Crippen molar-refractivity contribution in [2.24, 2.45) is 11.1 Å². The Morgan fingerprint density at radius 1 is 1.43 bits per heavy atom. The third kappa shape index (κ3) is 4.25. The molecular formula is C15H22N2O2S2. The Bertz CT molecular complexity index is 639. The molecular weight excluding hydrogens is 304 g/mol. The zero-order valence-corrected chi connectivity index (χ0v) is 14.1. The largest absolute Gasteiger partial charge is 0.389 e. The van der Waals surface area contributed by atoms with Gasteiger partial charge in [-0.15, -0.1) is 0 Å². The molecule has 1 heterocycles. The minimum Gasteiger partial charge on any atom is -0.389 e. The highest BCUT2D eigenvalue weighted by atomic mass is 32.2. The van der Waals surface area contributed by atoms with Gasteiger partial charge in [-0.1, -0.05) is 44.3 Å². The van der Waals surface area contributed by atoms with Gasteiger partial charge in [-0.05, 0) is 29.9 Å². The Morgan fingerprint density at radius 3 is 2.76 bits per heavy atom. The van der Waals surface area contributed by atoms with Crippen LogP contribution < -0.4 is 5.73 Å². The predicted octanol–water partition coefficient (Wildman–Crippen LogP) is 2.27. The van der Waals surface area contributed by atoms with Crippen molar-refractivity contribution in [2.75, 3.05) is 13.1 Å².